The van der Waals surface area contributed by atoms with E-state index in [-0.39, 0.29) is 0 Å². The summed E-state index contributed by atoms with van der Waals surface area (Å²) >= 11 is 5.90. The van der Waals surface area contributed by atoms with Crippen LogP contribution in [0.4, 0.5) is 0 Å². The van der Waals surface area contributed by atoms with Crippen molar-refractivity contribution in [3.05, 3.63) is 60.3 Å². The Morgan fingerprint density at radius 3 is 2.59 bits per heavy atom. The molecule has 0 unspecified atom stereocenters. The van der Waals surface area contributed by atoms with Gasteiger partial charge in [0.25, 0.3) is 0 Å². The van der Waals surface area contributed by atoms with Crippen molar-refractivity contribution in [1.82, 2.24) is 9.61 Å². The lowest BCUT2D eigenvalue weighted by Crippen LogP contribution is -1.94. The number of hydrogen-bond acceptors (Lipinski definition) is 1. The molecule has 0 radical (unpaired) electrons. The molecule has 0 saturated carbocycles. The minimum Gasteiger partial charge on any atom is -0.236 e. The molecular formula is C14H11ClN2. The van der Waals surface area contributed by atoms with E-state index in [0.29, 0.717) is 5.88 Å². The number of rotatable bonds is 2. The van der Waals surface area contributed by atoms with E-state index in [4.69, 9.17) is 11.6 Å². The van der Waals surface area contributed by atoms with Crippen molar-refractivity contribution in [3.8, 4) is 11.3 Å². The van der Waals surface area contributed by atoms with Crippen LogP contribution < -0.4 is 0 Å². The smallest absolute Gasteiger partial charge is 0.0933 e. The molecule has 0 aliphatic rings. The molecule has 2 heterocycles. The zero-order valence-corrected chi connectivity index (χ0v) is 9.93. The molecule has 0 amide bonds. The molecule has 2 nitrogen and oxygen atoms in total. The molecule has 0 fully saturated rings. The molecule has 0 saturated heterocycles. The van der Waals surface area contributed by atoms with Gasteiger partial charge in [-0.3, -0.25) is 0 Å². The number of hydrogen-bond donors (Lipinski definition) is 0. The van der Waals surface area contributed by atoms with Gasteiger partial charge in [-0.15, -0.1) is 11.6 Å². The van der Waals surface area contributed by atoms with E-state index in [1.54, 1.807) is 0 Å². The van der Waals surface area contributed by atoms with Gasteiger partial charge in [-0.2, -0.15) is 5.10 Å². The number of halogens is 1. The normalized spacial score (nSPS) is 10.9. The van der Waals surface area contributed by atoms with Crippen LogP contribution in [-0.2, 0) is 5.88 Å². The van der Waals surface area contributed by atoms with Gasteiger partial charge < -0.3 is 0 Å². The van der Waals surface area contributed by atoms with Gasteiger partial charge in [0.05, 0.1) is 22.8 Å². The van der Waals surface area contributed by atoms with Crippen LogP contribution in [0, 0.1) is 0 Å². The number of fused-ring (bicyclic) bond motifs is 1. The van der Waals surface area contributed by atoms with Crippen molar-refractivity contribution >= 4 is 17.1 Å². The maximum Gasteiger partial charge on any atom is 0.0933 e. The van der Waals surface area contributed by atoms with E-state index in [1.807, 2.05) is 40.9 Å². The molecular weight excluding hydrogens is 232 g/mol. The summed E-state index contributed by atoms with van der Waals surface area (Å²) in [5, 5.41) is 4.59. The zero-order chi connectivity index (χ0) is 11.7. The molecule has 3 heteroatoms. The molecule has 3 rings (SSSR count). The summed E-state index contributed by atoms with van der Waals surface area (Å²) in [6, 6.07) is 18.3. The number of benzene rings is 1. The second-order valence-corrected chi connectivity index (χ2v) is 4.15. The molecule has 1 aromatic carbocycles. The lowest BCUT2D eigenvalue weighted by atomic mass is 10.1. The number of pyridine rings is 1. The largest absolute Gasteiger partial charge is 0.236 e. The first-order chi connectivity index (χ1) is 8.38. The van der Waals surface area contributed by atoms with E-state index >= 15 is 0 Å². The van der Waals surface area contributed by atoms with Gasteiger partial charge in [0, 0.05) is 5.56 Å². The Hall–Kier alpha value is -1.80. The van der Waals surface area contributed by atoms with Gasteiger partial charge in [-0.25, -0.2) is 4.52 Å². The first-order valence-corrected chi connectivity index (χ1v) is 6.01. The predicted octanol–water partition coefficient (Wildman–Crippen LogP) is 3.74. The van der Waals surface area contributed by atoms with Crippen molar-refractivity contribution in [2.24, 2.45) is 0 Å². The van der Waals surface area contributed by atoms with Crippen LogP contribution in [0.3, 0.4) is 0 Å². The van der Waals surface area contributed by atoms with Crippen LogP contribution >= 0.6 is 11.6 Å². The summed E-state index contributed by atoms with van der Waals surface area (Å²) in [5.41, 5.74) is 4.17. The molecule has 2 aromatic heterocycles. The Morgan fingerprint density at radius 2 is 1.82 bits per heavy atom. The predicted molar refractivity (Wildman–Crippen MR) is 70.2 cm³/mol. The second-order valence-electron chi connectivity index (χ2n) is 3.88. The standard InChI is InChI=1S/C14H11ClN2/c15-10-13-8-4-7-12-9-14(16-17(12)13)11-5-2-1-3-6-11/h1-9H,10H2. The third kappa shape index (κ3) is 1.81. The lowest BCUT2D eigenvalue weighted by Gasteiger charge is -1.99. The Balaban J connectivity index is 2.20. The van der Waals surface area contributed by atoms with Gasteiger partial charge in [0.1, 0.15) is 0 Å². The minimum absolute atomic E-state index is 0.466. The Labute approximate surface area is 104 Å². The Kier molecular flexibility index (Phi) is 2.57. The highest BCUT2D eigenvalue weighted by atomic mass is 35.5. The van der Waals surface area contributed by atoms with Crippen LogP contribution in [-0.4, -0.2) is 9.61 Å². The average Bonchev–Trinajstić information content (AvgIpc) is 2.83. The summed E-state index contributed by atoms with van der Waals surface area (Å²) in [4.78, 5) is 0. The zero-order valence-electron chi connectivity index (χ0n) is 9.18. The first-order valence-electron chi connectivity index (χ1n) is 5.47. The lowest BCUT2D eigenvalue weighted by molar-refractivity contribution is 0.908. The molecule has 0 aliphatic heterocycles. The van der Waals surface area contributed by atoms with Crippen LogP contribution in [0.2, 0.25) is 0 Å². The van der Waals surface area contributed by atoms with E-state index in [0.717, 1.165) is 22.5 Å². The van der Waals surface area contributed by atoms with Gasteiger partial charge in [-0.05, 0) is 18.2 Å². The molecule has 0 spiro atoms. The first kappa shape index (κ1) is 10.4. The van der Waals surface area contributed by atoms with E-state index < -0.39 is 0 Å². The monoisotopic (exact) mass is 242 g/mol. The minimum atomic E-state index is 0.466. The van der Waals surface area contributed by atoms with Crippen LogP contribution in [0.1, 0.15) is 5.69 Å². The highest BCUT2D eigenvalue weighted by molar-refractivity contribution is 6.16. The fourth-order valence-electron chi connectivity index (χ4n) is 1.92. The van der Waals surface area contributed by atoms with Crippen molar-refractivity contribution < 1.29 is 0 Å². The third-order valence-electron chi connectivity index (χ3n) is 2.77. The molecule has 3 aromatic rings. The summed E-state index contributed by atoms with van der Waals surface area (Å²) in [6.07, 6.45) is 0. The van der Waals surface area contributed by atoms with Crippen LogP contribution in [0.25, 0.3) is 16.8 Å². The summed E-state index contributed by atoms with van der Waals surface area (Å²) < 4.78 is 1.90. The fraction of sp³-hybridized carbons (Fsp3) is 0.0714. The SMILES string of the molecule is ClCc1cccc2cc(-c3ccccc3)nn12. The molecule has 0 aliphatic carbocycles. The van der Waals surface area contributed by atoms with Crippen LogP contribution in [0.15, 0.2) is 54.6 Å². The summed E-state index contributed by atoms with van der Waals surface area (Å²) in [5.74, 6) is 0.466. The van der Waals surface area contributed by atoms with E-state index in [1.165, 1.54) is 0 Å². The highest BCUT2D eigenvalue weighted by Crippen LogP contribution is 2.20. The quantitative estimate of drug-likeness (QED) is 0.626. The number of aromatic nitrogens is 2. The van der Waals surface area contributed by atoms with Crippen molar-refractivity contribution in [1.29, 1.82) is 0 Å². The van der Waals surface area contributed by atoms with Gasteiger partial charge in [-0.1, -0.05) is 36.4 Å². The number of nitrogens with zero attached hydrogens (tertiary/aromatic N) is 2. The summed E-state index contributed by atoms with van der Waals surface area (Å²) in [6.45, 7) is 0. The Bertz CT molecular complexity index is 644. The molecule has 84 valence electrons. The topological polar surface area (TPSA) is 17.3 Å². The molecule has 0 bridgehead atoms. The van der Waals surface area contributed by atoms with Gasteiger partial charge in [0.2, 0.25) is 0 Å². The molecule has 17 heavy (non-hydrogen) atoms. The van der Waals surface area contributed by atoms with Gasteiger partial charge >= 0.3 is 0 Å². The van der Waals surface area contributed by atoms with Crippen molar-refractivity contribution in [3.63, 3.8) is 0 Å². The van der Waals surface area contributed by atoms with Crippen molar-refractivity contribution in [2.45, 2.75) is 5.88 Å². The summed E-state index contributed by atoms with van der Waals surface area (Å²) in [7, 11) is 0. The van der Waals surface area contributed by atoms with Crippen molar-refractivity contribution in [2.75, 3.05) is 0 Å². The van der Waals surface area contributed by atoms with E-state index in [9.17, 15) is 0 Å². The van der Waals surface area contributed by atoms with Gasteiger partial charge in [0.15, 0.2) is 0 Å². The molecule has 0 N–H and O–H groups in total. The van der Waals surface area contributed by atoms with Crippen LogP contribution in [0.5, 0.6) is 0 Å². The van der Waals surface area contributed by atoms with E-state index in [2.05, 4.69) is 23.3 Å². The number of alkyl halides is 1. The average molecular weight is 243 g/mol. The third-order valence-corrected chi connectivity index (χ3v) is 3.04. The fourth-order valence-corrected chi connectivity index (χ4v) is 2.13. The maximum atomic E-state index is 5.90. The maximum absolute atomic E-state index is 5.90. The molecule has 0 atom stereocenters. The second kappa shape index (κ2) is 4.22. The Morgan fingerprint density at radius 1 is 1.00 bits per heavy atom. The highest BCUT2D eigenvalue weighted by Gasteiger charge is 2.05.